The van der Waals surface area contributed by atoms with Gasteiger partial charge in [0.15, 0.2) is 5.78 Å². The highest BCUT2D eigenvalue weighted by atomic mass is 35.5. The second kappa shape index (κ2) is 11.5. The number of para-hydroxylation sites is 1. The fraction of sp³-hybridized carbons (Fsp3) is 0.321. The number of methoxy groups -OCH3 is 1. The highest BCUT2D eigenvalue weighted by Gasteiger charge is 2.33. The van der Waals surface area contributed by atoms with Gasteiger partial charge in [0, 0.05) is 16.8 Å². The van der Waals surface area contributed by atoms with Gasteiger partial charge < -0.3 is 20.3 Å². The number of anilines is 1. The number of nitrogens with zero attached hydrogens (tertiary/aromatic N) is 1. The van der Waals surface area contributed by atoms with Crippen LogP contribution in [0, 0.1) is 0 Å². The number of likely N-dealkylation sites (N-methyl/N-ethyl adjacent to an activating group) is 1. The van der Waals surface area contributed by atoms with Crippen LogP contribution >= 0.6 is 12.4 Å². The standard InChI is InChI=1S/C28H31N3O4.ClH/c1-17(29-3)27(33)30-24-13-10-19-7-5-6-8-25(19)31(28(24)34)16-23-22-12-9-20(18(2)32)15-21(22)11-14-26(23)35-4;/h5-9,11-12,14-15,17,24,29H,10,13,16H2,1-4H3,(H,30,33);1H. The first kappa shape index (κ1) is 27.2. The SMILES string of the molecule is CNC(C)C(=O)NC1CCc2ccccc2N(Cc2c(OC)ccc3cc(C(C)=O)ccc23)C1=O.Cl. The smallest absolute Gasteiger partial charge is 0.249 e. The van der Waals surface area contributed by atoms with Gasteiger partial charge in [0.05, 0.1) is 19.7 Å². The molecule has 7 nitrogen and oxygen atoms in total. The summed E-state index contributed by atoms with van der Waals surface area (Å²) in [6.07, 6.45) is 1.19. The minimum absolute atomic E-state index is 0. The lowest BCUT2D eigenvalue weighted by molar-refractivity contribution is -0.128. The van der Waals surface area contributed by atoms with Gasteiger partial charge >= 0.3 is 0 Å². The van der Waals surface area contributed by atoms with Gasteiger partial charge in [-0.25, -0.2) is 0 Å². The average Bonchev–Trinajstić information content (AvgIpc) is 3.00. The van der Waals surface area contributed by atoms with Gasteiger partial charge in [0.2, 0.25) is 11.8 Å². The van der Waals surface area contributed by atoms with E-state index >= 15 is 0 Å². The first-order valence-electron chi connectivity index (χ1n) is 11.8. The van der Waals surface area contributed by atoms with Crippen molar-refractivity contribution in [3.8, 4) is 5.75 Å². The van der Waals surface area contributed by atoms with Gasteiger partial charge in [-0.05, 0) is 68.3 Å². The fourth-order valence-electron chi connectivity index (χ4n) is 4.55. The van der Waals surface area contributed by atoms with Crippen LogP contribution in [0.3, 0.4) is 0 Å². The van der Waals surface area contributed by atoms with Crippen LogP contribution in [0.4, 0.5) is 5.69 Å². The first-order chi connectivity index (χ1) is 16.8. The van der Waals surface area contributed by atoms with E-state index in [9.17, 15) is 14.4 Å². The van der Waals surface area contributed by atoms with Crippen molar-refractivity contribution in [3.05, 3.63) is 71.3 Å². The summed E-state index contributed by atoms with van der Waals surface area (Å²) in [6.45, 7) is 3.57. The monoisotopic (exact) mass is 509 g/mol. The Morgan fingerprint density at radius 3 is 2.58 bits per heavy atom. The minimum Gasteiger partial charge on any atom is -0.496 e. The van der Waals surface area contributed by atoms with Gasteiger partial charge in [-0.3, -0.25) is 14.4 Å². The van der Waals surface area contributed by atoms with Crippen molar-refractivity contribution in [2.24, 2.45) is 0 Å². The molecular formula is C28H32ClN3O4. The molecule has 2 unspecified atom stereocenters. The molecular weight excluding hydrogens is 478 g/mol. The Morgan fingerprint density at radius 1 is 1.14 bits per heavy atom. The summed E-state index contributed by atoms with van der Waals surface area (Å²) in [5, 5.41) is 7.67. The second-order valence-corrected chi connectivity index (χ2v) is 8.90. The first-order valence-corrected chi connectivity index (χ1v) is 11.8. The second-order valence-electron chi connectivity index (χ2n) is 8.90. The number of aryl methyl sites for hydroxylation is 1. The van der Waals surface area contributed by atoms with E-state index in [1.54, 1.807) is 39.0 Å². The number of ether oxygens (including phenoxy) is 1. The van der Waals surface area contributed by atoms with Crippen molar-refractivity contribution >= 4 is 46.5 Å². The van der Waals surface area contributed by atoms with Crippen LogP contribution in [-0.2, 0) is 22.6 Å². The summed E-state index contributed by atoms with van der Waals surface area (Å²) in [6, 6.07) is 16.2. The summed E-state index contributed by atoms with van der Waals surface area (Å²) >= 11 is 0. The fourth-order valence-corrected chi connectivity index (χ4v) is 4.55. The number of amides is 2. The number of nitrogens with one attached hydrogen (secondary N) is 2. The number of halogens is 1. The summed E-state index contributed by atoms with van der Waals surface area (Å²) in [5.74, 6) is 0.282. The van der Waals surface area contributed by atoms with Crippen molar-refractivity contribution < 1.29 is 19.1 Å². The third kappa shape index (κ3) is 5.37. The highest BCUT2D eigenvalue weighted by Crippen LogP contribution is 2.34. The average molecular weight is 510 g/mol. The molecule has 0 fully saturated rings. The van der Waals surface area contributed by atoms with Crippen molar-refractivity contribution in [2.75, 3.05) is 19.1 Å². The van der Waals surface area contributed by atoms with Gasteiger partial charge in [-0.1, -0.05) is 36.4 Å². The van der Waals surface area contributed by atoms with Crippen LogP contribution < -0.4 is 20.3 Å². The maximum absolute atomic E-state index is 13.8. The van der Waals surface area contributed by atoms with Crippen LogP contribution in [0.25, 0.3) is 10.8 Å². The lowest BCUT2D eigenvalue weighted by atomic mass is 9.99. The summed E-state index contributed by atoms with van der Waals surface area (Å²) in [5.41, 5.74) is 3.36. The van der Waals surface area contributed by atoms with Crippen LogP contribution in [0.1, 0.15) is 41.8 Å². The molecule has 0 saturated carbocycles. The van der Waals surface area contributed by atoms with E-state index in [1.807, 2.05) is 48.5 Å². The molecule has 0 spiro atoms. The number of rotatable bonds is 7. The lowest BCUT2D eigenvalue weighted by Gasteiger charge is -2.28. The van der Waals surface area contributed by atoms with Crippen molar-refractivity contribution in [2.45, 2.75) is 45.3 Å². The van der Waals surface area contributed by atoms with Gasteiger partial charge in [0.25, 0.3) is 0 Å². The number of ketones is 1. The number of Topliss-reactive ketones (excluding diaryl/α,β-unsaturated/α-hetero) is 1. The zero-order chi connectivity index (χ0) is 25.1. The van der Waals surface area contributed by atoms with E-state index in [0.29, 0.717) is 24.2 Å². The summed E-state index contributed by atoms with van der Waals surface area (Å²) in [7, 11) is 3.32. The molecule has 0 bridgehead atoms. The third-order valence-electron chi connectivity index (χ3n) is 6.72. The van der Waals surface area contributed by atoms with E-state index in [0.717, 1.165) is 27.6 Å². The molecule has 3 aromatic rings. The maximum Gasteiger partial charge on any atom is 0.249 e. The predicted octanol–water partition coefficient (Wildman–Crippen LogP) is 4.04. The van der Waals surface area contributed by atoms with E-state index in [2.05, 4.69) is 10.6 Å². The largest absolute Gasteiger partial charge is 0.496 e. The maximum atomic E-state index is 13.8. The number of carbonyl (C=O) groups is 3. The molecule has 1 heterocycles. The van der Waals surface area contributed by atoms with Crippen molar-refractivity contribution in [1.29, 1.82) is 0 Å². The van der Waals surface area contributed by atoms with Crippen molar-refractivity contribution in [3.63, 3.8) is 0 Å². The lowest BCUT2D eigenvalue weighted by Crippen LogP contribution is -2.52. The van der Waals surface area contributed by atoms with E-state index in [1.165, 1.54) is 0 Å². The molecule has 0 saturated heterocycles. The molecule has 2 atom stereocenters. The molecule has 2 amide bonds. The molecule has 4 rings (SSSR count). The van der Waals surface area contributed by atoms with Gasteiger partial charge in [0.1, 0.15) is 11.8 Å². The Bertz CT molecular complexity index is 1290. The Hall–Kier alpha value is -3.42. The summed E-state index contributed by atoms with van der Waals surface area (Å²) < 4.78 is 5.68. The molecule has 1 aliphatic rings. The molecule has 8 heteroatoms. The number of hydrogen-bond donors (Lipinski definition) is 2. The Balaban J connectivity index is 0.00000361. The number of carbonyl (C=O) groups excluding carboxylic acids is 3. The van der Waals surface area contributed by atoms with Gasteiger partial charge in [-0.15, -0.1) is 12.4 Å². The molecule has 3 aromatic carbocycles. The molecule has 0 aromatic heterocycles. The van der Waals surface area contributed by atoms with Crippen molar-refractivity contribution in [1.82, 2.24) is 10.6 Å². The van der Waals surface area contributed by atoms with Crippen LogP contribution in [-0.4, -0.2) is 43.8 Å². The highest BCUT2D eigenvalue weighted by molar-refractivity contribution is 6.02. The third-order valence-corrected chi connectivity index (χ3v) is 6.72. The normalized spacial score (nSPS) is 15.9. The molecule has 36 heavy (non-hydrogen) atoms. The van der Waals surface area contributed by atoms with Gasteiger partial charge in [-0.2, -0.15) is 0 Å². The molecule has 0 aliphatic carbocycles. The topological polar surface area (TPSA) is 87.7 Å². The molecule has 1 aliphatic heterocycles. The van der Waals surface area contributed by atoms with Crippen LogP contribution in [0.2, 0.25) is 0 Å². The molecule has 190 valence electrons. The Labute approximate surface area is 217 Å². The minimum atomic E-state index is -0.643. The number of hydrogen-bond acceptors (Lipinski definition) is 5. The summed E-state index contributed by atoms with van der Waals surface area (Å²) in [4.78, 5) is 40.1. The van der Waals surface area contributed by atoms with Crippen LogP contribution in [0.15, 0.2) is 54.6 Å². The van der Waals surface area contributed by atoms with Crippen LogP contribution in [0.5, 0.6) is 5.75 Å². The van der Waals surface area contributed by atoms with E-state index in [-0.39, 0.29) is 36.5 Å². The molecule has 0 radical (unpaired) electrons. The zero-order valence-electron chi connectivity index (χ0n) is 21.0. The Kier molecular flexibility index (Phi) is 8.71. The van der Waals surface area contributed by atoms with E-state index in [4.69, 9.17) is 4.74 Å². The van der Waals surface area contributed by atoms with E-state index < -0.39 is 12.1 Å². The number of fused-ring (bicyclic) bond motifs is 2. The molecule has 2 N–H and O–H groups in total. The Morgan fingerprint density at radius 2 is 1.89 bits per heavy atom. The number of benzene rings is 3. The quantitative estimate of drug-likeness (QED) is 0.469. The zero-order valence-corrected chi connectivity index (χ0v) is 21.8. The predicted molar refractivity (Wildman–Crippen MR) is 144 cm³/mol.